The predicted octanol–water partition coefficient (Wildman–Crippen LogP) is 0.709. The van der Waals surface area contributed by atoms with Crippen molar-refractivity contribution in [2.45, 2.75) is 106 Å². The van der Waals surface area contributed by atoms with Gasteiger partial charge in [-0.2, -0.15) is 0 Å². The molecule has 6 atom stereocenters. The molecule has 0 radical (unpaired) electrons. The summed E-state index contributed by atoms with van der Waals surface area (Å²) < 4.78 is 0.210. The van der Waals surface area contributed by atoms with Crippen molar-refractivity contribution < 1.29 is 68.4 Å². The Morgan fingerprint density at radius 3 is 1.08 bits per heavy atom. The van der Waals surface area contributed by atoms with Gasteiger partial charge in [0, 0.05) is 11.8 Å². The summed E-state index contributed by atoms with van der Waals surface area (Å²) in [5.74, 6) is -7.56. The van der Waals surface area contributed by atoms with Crippen LogP contribution in [-0.2, 0) is 28.8 Å². The van der Waals surface area contributed by atoms with Crippen LogP contribution in [0, 0.1) is 23.7 Å². The zero-order chi connectivity index (χ0) is 44.6. The third-order valence-electron chi connectivity index (χ3n) is 10.7. The van der Waals surface area contributed by atoms with Crippen LogP contribution in [0.3, 0.4) is 0 Å². The summed E-state index contributed by atoms with van der Waals surface area (Å²) >= 11 is 0. The fraction of sp³-hybridized carbons (Fsp3) is 0.762. The first-order chi connectivity index (χ1) is 27.5. The summed E-state index contributed by atoms with van der Waals surface area (Å²) in [6.07, 6.45) is 13.9. The molecule has 0 bridgehead atoms. The van der Waals surface area contributed by atoms with Crippen molar-refractivity contribution in [3.63, 3.8) is 0 Å². The molecule has 17 heteroatoms. The van der Waals surface area contributed by atoms with Gasteiger partial charge < -0.3 is 59.8 Å². The molecule has 2 amide bonds. The Hall–Kier alpha value is -2.60. The maximum atomic E-state index is 12.0. The molecular weight excluding hydrogens is 793 g/mol. The van der Waals surface area contributed by atoms with Gasteiger partial charge in [-0.1, -0.05) is 79.4 Å². The summed E-state index contributed by atoms with van der Waals surface area (Å²) in [6, 6.07) is 0. The summed E-state index contributed by atoms with van der Waals surface area (Å²) in [6.45, 7) is 13.1. The number of amides is 2. The number of hydrogen-bond donors (Lipinski definition) is 6. The molecule has 0 saturated heterocycles. The van der Waals surface area contributed by atoms with Gasteiger partial charge in [0.1, 0.15) is 24.9 Å². The van der Waals surface area contributed by atoms with Crippen LogP contribution in [0.5, 0.6) is 0 Å². The summed E-state index contributed by atoms with van der Waals surface area (Å²) in [4.78, 5) is 70.0. The molecule has 0 aromatic heterocycles. The number of carbonyl (C=O) groups is 6. The molecule has 336 valence electrons. The molecule has 6 unspecified atom stereocenters. The average Bonchev–Trinajstić information content (AvgIpc) is 3.17. The van der Waals surface area contributed by atoms with Gasteiger partial charge in [-0.25, -0.2) is 0 Å². The number of nitrogens with zero attached hydrogens (tertiary/aromatic N) is 2. The second kappa shape index (κ2) is 36.1. The van der Waals surface area contributed by atoms with Gasteiger partial charge in [-0.15, -0.1) is 0 Å². The molecule has 0 aromatic carbocycles. The molecule has 0 rings (SSSR count). The third kappa shape index (κ3) is 27.8. The second-order valence-electron chi connectivity index (χ2n) is 15.2. The molecule has 0 aromatic rings. The van der Waals surface area contributed by atoms with Crippen molar-refractivity contribution in [1.29, 1.82) is 0 Å². The van der Waals surface area contributed by atoms with Gasteiger partial charge in [0.05, 0.1) is 77.5 Å². The van der Waals surface area contributed by atoms with Crippen molar-refractivity contribution in [2.75, 3.05) is 78.7 Å². The number of aliphatic hydroxyl groups is 2. The van der Waals surface area contributed by atoms with Gasteiger partial charge in [0.2, 0.25) is 11.8 Å². The van der Waals surface area contributed by atoms with Crippen LogP contribution in [0.2, 0.25) is 0 Å². The predicted molar refractivity (Wildman–Crippen MR) is 223 cm³/mol. The molecule has 0 heterocycles. The molecule has 0 spiro atoms. The van der Waals surface area contributed by atoms with E-state index >= 15 is 0 Å². The van der Waals surface area contributed by atoms with E-state index in [1.165, 1.54) is 12.2 Å². The van der Waals surface area contributed by atoms with Gasteiger partial charge in [0.15, 0.2) is 0 Å². The van der Waals surface area contributed by atoms with E-state index in [1.807, 2.05) is 12.2 Å². The standard InChI is InChI=1S/2C21H38N2O6.Ca/c2*1-4-7-8-9-10-19(25)22-11-12-23(13-14-24,15-17(5-2)20(26)27)16-18(6-3)21(28)29;/h2*9-10,17-18,24H,4-8,11-16H2,1-3H3,(H2-,22,25,26,27,28,29);/q;;+2/b2*10-9+;. The van der Waals surface area contributed by atoms with E-state index < -0.39 is 47.5 Å². The number of rotatable bonds is 34. The van der Waals surface area contributed by atoms with Gasteiger partial charge in [-0.05, 0) is 50.7 Å². The van der Waals surface area contributed by atoms with Crippen molar-refractivity contribution >= 4 is 73.4 Å². The van der Waals surface area contributed by atoms with E-state index in [9.17, 15) is 59.4 Å². The first-order valence-corrected chi connectivity index (χ1v) is 21.2. The van der Waals surface area contributed by atoms with Crippen LogP contribution in [0.25, 0.3) is 0 Å². The Morgan fingerprint density at radius 2 is 0.847 bits per heavy atom. The number of quaternary nitrogens is 2. The summed E-state index contributed by atoms with van der Waals surface area (Å²) in [5, 5.41) is 66.7. The number of aliphatic hydroxyl groups excluding tert-OH is 2. The maximum Gasteiger partial charge on any atom is 2.00 e. The number of carbonyl (C=O) groups excluding carboxylic acids is 4. The largest absolute Gasteiger partial charge is 2.00 e. The van der Waals surface area contributed by atoms with Crippen LogP contribution in [0.15, 0.2) is 24.3 Å². The zero-order valence-corrected chi connectivity index (χ0v) is 39.0. The molecule has 0 aliphatic carbocycles. The Balaban J connectivity index is -0.00000105. The van der Waals surface area contributed by atoms with Crippen LogP contribution < -0.4 is 20.8 Å². The molecule has 0 aliphatic heterocycles. The quantitative estimate of drug-likeness (QED) is 0.0227. The first kappa shape index (κ1) is 60.7. The molecule has 16 nitrogen and oxygen atoms in total. The van der Waals surface area contributed by atoms with Crippen LogP contribution in [0.4, 0.5) is 0 Å². The average molecular weight is 869 g/mol. The SMILES string of the molecule is CCCC/C=C/C(=O)NCC[N+](CCO)(CC(CC)C(=O)[O-])CC(CC)C(=O)O.CCCC/C=C/C(=O)NCC[N+](CCO)(CC(CC)C(=O)[O-])CC(CC)C(=O)O.[Ca+2]. The Labute approximate surface area is 382 Å². The van der Waals surface area contributed by atoms with E-state index in [0.29, 0.717) is 38.8 Å². The zero-order valence-electron chi connectivity index (χ0n) is 36.8. The van der Waals surface area contributed by atoms with Crippen LogP contribution >= 0.6 is 0 Å². The minimum Gasteiger partial charge on any atom is -0.550 e. The Morgan fingerprint density at radius 1 is 0.542 bits per heavy atom. The fourth-order valence-corrected chi connectivity index (χ4v) is 6.88. The van der Waals surface area contributed by atoms with Crippen molar-refractivity contribution in [1.82, 2.24) is 10.6 Å². The minimum absolute atomic E-state index is 0. The number of allylic oxidation sites excluding steroid dienone is 2. The molecular formula is C42H76CaN4O12+2. The monoisotopic (exact) mass is 869 g/mol. The number of hydrogen-bond acceptors (Lipinski definition) is 10. The molecule has 59 heavy (non-hydrogen) atoms. The maximum absolute atomic E-state index is 12.0. The molecule has 0 saturated carbocycles. The normalized spacial score (nSPS) is 15.3. The number of carboxylic acid groups (broad SMARTS) is 4. The first-order valence-electron chi connectivity index (χ1n) is 21.2. The second-order valence-corrected chi connectivity index (χ2v) is 15.2. The number of aliphatic carboxylic acids is 4. The minimum atomic E-state index is -1.18. The van der Waals surface area contributed by atoms with E-state index in [2.05, 4.69) is 24.5 Å². The van der Waals surface area contributed by atoms with E-state index in [1.54, 1.807) is 27.7 Å². The number of carboxylic acids is 4. The fourth-order valence-electron chi connectivity index (χ4n) is 6.88. The molecule has 0 fully saturated rings. The molecule has 0 aliphatic rings. The van der Waals surface area contributed by atoms with Gasteiger partial charge in [0.25, 0.3) is 0 Å². The van der Waals surface area contributed by atoms with E-state index in [4.69, 9.17) is 0 Å². The summed E-state index contributed by atoms with van der Waals surface area (Å²) in [5.41, 5.74) is 0. The van der Waals surface area contributed by atoms with E-state index in [-0.39, 0.29) is 124 Å². The van der Waals surface area contributed by atoms with Crippen LogP contribution in [0.1, 0.15) is 106 Å². The molecule has 6 N–H and O–H groups in total. The Bertz CT molecular complexity index is 1120. The Kier molecular flexibility index (Phi) is 37.1. The number of unbranched alkanes of at least 4 members (excludes halogenated alkanes) is 4. The van der Waals surface area contributed by atoms with Crippen molar-refractivity contribution in [2.24, 2.45) is 23.7 Å². The topological polar surface area (TPSA) is 254 Å². The van der Waals surface area contributed by atoms with Gasteiger partial charge in [-0.3, -0.25) is 19.2 Å². The van der Waals surface area contributed by atoms with Crippen molar-refractivity contribution in [3.05, 3.63) is 24.3 Å². The van der Waals surface area contributed by atoms with Gasteiger partial charge >= 0.3 is 49.7 Å². The van der Waals surface area contributed by atoms with E-state index in [0.717, 1.165) is 38.5 Å². The van der Waals surface area contributed by atoms with Crippen molar-refractivity contribution in [3.8, 4) is 0 Å². The third-order valence-corrected chi connectivity index (χ3v) is 10.7. The number of nitrogens with one attached hydrogen (secondary N) is 2. The van der Waals surface area contributed by atoms with Crippen LogP contribution in [-0.4, -0.2) is 181 Å². The smallest absolute Gasteiger partial charge is 0.550 e. The summed E-state index contributed by atoms with van der Waals surface area (Å²) in [7, 11) is 0.